The Morgan fingerprint density at radius 1 is 1.13 bits per heavy atom. The maximum absolute atomic E-state index is 13.0. The van der Waals surface area contributed by atoms with Gasteiger partial charge in [-0.3, -0.25) is 9.59 Å². The van der Waals surface area contributed by atoms with Gasteiger partial charge in [0.05, 0.1) is 31.2 Å². The highest BCUT2D eigenvalue weighted by Crippen LogP contribution is 2.33. The van der Waals surface area contributed by atoms with Gasteiger partial charge >= 0.3 is 0 Å². The van der Waals surface area contributed by atoms with E-state index >= 15 is 0 Å². The van der Waals surface area contributed by atoms with Crippen molar-refractivity contribution in [3.05, 3.63) is 30.1 Å². The van der Waals surface area contributed by atoms with Crippen molar-refractivity contribution in [3.63, 3.8) is 0 Å². The third-order valence-electron chi connectivity index (χ3n) is 5.11. The third-order valence-corrected chi connectivity index (χ3v) is 5.11. The van der Waals surface area contributed by atoms with Crippen molar-refractivity contribution >= 4 is 17.5 Å². The Bertz CT molecular complexity index is 617. The van der Waals surface area contributed by atoms with Crippen LogP contribution in [-0.2, 0) is 14.3 Å². The average Bonchev–Trinajstić information content (AvgIpc) is 3.05. The van der Waals surface area contributed by atoms with Crippen LogP contribution in [0.2, 0.25) is 0 Å². The van der Waals surface area contributed by atoms with Gasteiger partial charge in [-0.25, -0.2) is 4.39 Å². The van der Waals surface area contributed by atoms with Crippen molar-refractivity contribution in [1.82, 2.24) is 4.90 Å². The van der Waals surface area contributed by atoms with Crippen molar-refractivity contribution in [3.8, 4) is 0 Å². The van der Waals surface area contributed by atoms with Gasteiger partial charge in [0, 0.05) is 18.7 Å². The first-order valence-electron chi connectivity index (χ1n) is 8.09. The molecule has 2 bridgehead atoms. The number of ether oxygens (including phenoxy) is 1. The van der Waals surface area contributed by atoms with Gasteiger partial charge in [-0.15, -0.1) is 0 Å². The second kappa shape index (κ2) is 5.60. The largest absolute Gasteiger partial charge is 0.377 e. The Morgan fingerprint density at radius 3 is 2.43 bits per heavy atom. The van der Waals surface area contributed by atoms with Gasteiger partial charge in [0.15, 0.2) is 0 Å². The van der Waals surface area contributed by atoms with E-state index in [1.807, 2.05) is 4.90 Å². The molecule has 122 valence electrons. The van der Waals surface area contributed by atoms with Gasteiger partial charge in [-0.1, -0.05) is 0 Å². The summed E-state index contributed by atoms with van der Waals surface area (Å²) in [5.41, 5.74) is 0.650. The zero-order valence-corrected chi connectivity index (χ0v) is 12.8. The summed E-state index contributed by atoms with van der Waals surface area (Å²) >= 11 is 0. The van der Waals surface area contributed by atoms with Gasteiger partial charge in [0.2, 0.25) is 11.8 Å². The number of amides is 2. The predicted octanol–water partition coefficient (Wildman–Crippen LogP) is 1.57. The number of carbonyl (C=O) groups is 2. The number of nitrogens with zero attached hydrogens (tertiary/aromatic N) is 2. The lowest BCUT2D eigenvalue weighted by Gasteiger charge is -2.36. The lowest BCUT2D eigenvalue weighted by molar-refractivity contribution is -0.145. The Morgan fingerprint density at radius 2 is 1.78 bits per heavy atom. The van der Waals surface area contributed by atoms with Crippen molar-refractivity contribution in [2.45, 2.75) is 31.3 Å². The fourth-order valence-electron chi connectivity index (χ4n) is 3.94. The van der Waals surface area contributed by atoms with Crippen LogP contribution in [0.3, 0.4) is 0 Å². The van der Waals surface area contributed by atoms with E-state index in [9.17, 15) is 14.0 Å². The van der Waals surface area contributed by atoms with E-state index in [4.69, 9.17) is 4.74 Å². The number of carbonyl (C=O) groups excluding carboxylic acids is 2. The van der Waals surface area contributed by atoms with Gasteiger partial charge in [0.1, 0.15) is 5.82 Å². The first-order chi connectivity index (χ1) is 11.1. The minimum atomic E-state index is -0.335. The lowest BCUT2D eigenvalue weighted by atomic mass is 10.1. The summed E-state index contributed by atoms with van der Waals surface area (Å²) in [7, 11) is 0. The van der Waals surface area contributed by atoms with E-state index in [1.54, 1.807) is 17.0 Å². The molecule has 0 radical (unpaired) electrons. The number of hydrogen-bond donors (Lipinski definition) is 0. The molecular weight excluding hydrogens is 299 g/mol. The van der Waals surface area contributed by atoms with E-state index in [-0.39, 0.29) is 42.1 Å². The topological polar surface area (TPSA) is 49.9 Å². The average molecular weight is 318 g/mol. The van der Waals surface area contributed by atoms with Crippen molar-refractivity contribution in [2.75, 3.05) is 24.7 Å². The summed E-state index contributed by atoms with van der Waals surface area (Å²) in [5.74, 6) is -0.652. The Hall–Kier alpha value is -1.95. The summed E-state index contributed by atoms with van der Waals surface area (Å²) in [6.45, 7) is 1.58. The number of fused-ring (bicyclic) bond motifs is 2. The smallest absolute Gasteiger partial charge is 0.228 e. The normalized spacial score (nSPS) is 30.1. The van der Waals surface area contributed by atoms with Crippen LogP contribution in [0.15, 0.2) is 24.3 Å². The summed E-state index contributed by atoms with van der Waals surface area (Å²) in [5, 5.41) is 0. The van der Waals surface area contributed by atoms with Gasteiger partial charge < -0.3 is 14.5 Å². The van der Waals surface area contributed by atoms with Gasteiger partial charge in [0.25, 0.3) is 0 Å². The summed E-state index contributed by atoms with van der Waals surface area (Å²) in [6, 6.07) is 6.16. The van der Waals surface area contributed by atoms with Crippen LogP contribution >= 0.6 is 0 Å². The molecule has 23 heavy (non-hydrogen) atoms. The molecule has 1 aromatic rings. The molecule has 3 aliphatic heterocycles. The number of anilines is 1. The molecule has 3 aliphatic rings. The zero-order chi connectivity index (χ0) is 16.0. The van der Waals surface area contributed by atoms with Crippen molar-refractivity contribution in [2.24, 2.45) is 5.92 Å². The molecule has 0 aromatic heterocycles. The first kappa shape index (κ1) is 14.6. The van der Waals surface area contributed by atoms with Crippen LogP contribution in [0.5, 0.6) is 0 Å². The maximum atomic E-state index is 13.0. The Labute approximate surface area is 134 Å². The number of hydrogen-bond acceptors (Lipinski definition) is 3. The quantitative estimate of drug-likeness (QED) is 0.832. The third kappa shape index (κ3) is 2.51. The Kier molecular flexibility index (Phi) is 3.56. The number of morpholine rings is 1. The van der Waals surface area contributed by atoms with Crippen LogP contribution < -0.4 is 4.90 Å². The van der Waals surface area contributed by atoms with E-state index in [2.05, 4.69) is 0 Å². The number of rotatable bonds is 2. The van der Waals surface area contributed by atoms with Gasteiger partial charge in [-0.05, 0) is 37.1 Å². The molecule has 0 N–H and O–H groups in total. The second-order valence-corrected chi connectivity index (χ2v) is 6.55. The van der Waals surface area contributed by atoms with Crippen LogP contribution in [0.1, 0.15) is 19.3 Å². The van der Waals surface area contributed by atoms with Crippen LogP contribution in [-0.4, -0.2) is 48.6 Å². The summed E-state index contributed by atoms with van der Waals surface area (Å²) in [4.78, 5) is 28.7. The minimum Gasteiger partial charge on any atom is -0.377 e. The Balaban J connectivity index is 1.50. The molecular formula is C17H19FN2O3. The first-order valence-corrected chi connectivity index (χ1v) is 8.09. The molecule has 4 rings (SSSR count). The zero-order valence-electron chi connectivity index (χ0n) is 12.8. The highest BCUT2D eigenvalue weighted by Gasteiger charge is 2.45. The molecule has 1 aromatic carbocycles. The molecule has 3 fully saturated rings. The fraction of sp³-hybridized carbons (Fsp3) is 0.529. The van der Waals surface area contributed by atoms with E-state index in [0.717, 1.165) is 12.8 Å². The van der Waals surface area contributed by atoms with E-state index in [0.29, 0.717) is 25.4 Å². The highest BCUT2D eigenvalue weighted by molar-refractivity contribution is 6.00. The molecule has 0 unspecified atom stereocenters. The second-order valence-electron chi connectivity index (χ2n) is 6.55. The summed E-state index contributed by atoms with van der Waals surface area (Å²) in [6.07, 6.45) is 2.20. The lowest BCUT2D eigenvalue weighted by Crippen LogP contribution is -2.51. The summed E-state index contributed by atoms with van der Waals surface area (Å²) < 4.78 is 18.6. The molecule has 0 aliphatic carbocycles. The monoisotopic (exact) mass is 318 g/mol. The molecule has 3 atom stereocenters. The molecule has 0 spiro atoms. The van der Waals surface area contributed by atoms with Crippen molar-refractivity contribution < 1.29 is 18.7 Å². The molecule has 5 nitrogen and oxygen atoms in total. The van der Waals surface area contributed by atoms with Crippen LogP contribution in [0.25, 0.3) is 0 Å². The molecule has 2 amide bonds. The van der Waals surface area contributed by atoms with Gasteiger partial charge in [-0.2, -0.15) is 0 Å². The van der Waals surface area contributed by atoms with Crippen molar-refractivity contribution in [1.29, 1.82) is 0 Å². The molecule has 3 saturated heterocycles. The van der Waals surface area contributed by atoms with Crippen LogP contribution in [0, 0.1) is 11.7 Å². The molecule has 6 heteroatoms. The number of halogens is 1. The molecule has 3 heterocycles. The SMILES string of the molecule is O=C1C[C@H](C(=O)N2[C@H]3CC[C@H]2COC3)CN1c1ccc(F)cc1. The predicted molar refractivity (Wildman–Crippen MR) is 81.3 cm³/mol. The maximum Gasteiger partial charge on any atom is 0.228 e. The number of benzene rings is 1. The minimum absolute atomic E-state index is 0.0683. The van der Waals surface area contributed by atoms with E-state index in [1.165, 1.54) is 12.1 Å². The standard InChI is InChI=1S/C17H19FN2O3/c18-12-1-3-13(4-2-12)19-8-11(7-16(19)21)17(22)20-14-5-6-15(20)10-23-9-14/h1-4,11,14-15H,5-10H2/t11-,14-,15-/m0/s1. The molecule has 0 saturated carbocycles. The fourth-order valence-corrected chi connectivity index (χ4v) is 3.94. The van der Waals surface area contributed by atoms with E-state index < -0.39 is 0 Å². The highest BCUT2D eigenvalue weighted by atomic mass is 19.1. The van der Waals surface area contributed by atoms with Crippen LogP contribution in [0.4, 0.5) is 10.1 Å².